The van der Waals surface area contributed by atoms with Gasteiger partial charge in [-0.3, -0.25) is 9.78 Å². The molecule has 0 radical (unpaired) electrons. The molecule has 0 saturated heterocycles. The predicted molar refractivity (Wildman–Crippen MR) is 114 cm³/mol. The van der Waals surface area contributed by atoms with Crippen molar-refractivity contribution in [3.63, 3.8) is 0 Å². The first kappa shape index (κ1) is 19.7. The van der Waals surface area contributed by atoms with Crippen LogP contribution in [0.2, 0.25) is 5.15 Å². The molecule has 1 aliphatic heterocycles. The average molecular weight is 438 g/mol. The fraction of sp³-hybridized carbons (Fsp3) is 0.273. The molecule has 0 spiro atoms. The molecule has 8 nitrogen and oxygen atoms in total. The number of rotatable bonds is 3. The molecule has 4 heterocycles. The number of benzene rings is 1. The van der Waals surface area contributed by atoms with Gasteiger partial charge in [0.05, 0.1) is 23.2 Å². The zero-order valence-electron chi connectivity index (χ0n) is 17.0. The minimum Gasteiger partial charge on any atom is -0.431 e. The topological polar surface area (TPSA) is 108 Å². The number of H-pyrrole nitrogens is 1. The Morgan fingerprint density at radius 2 is 2.06 bits per heavy atom. The number of nitrogens with zero attached hydrogens (tertiary/aromatic N) is 4. The Balaban J connectivity index is 1.60. The Labute approximate surface area is 182 Å². The van der Waals surface area contributed by atoms with Crippen molar-refractivity contribution in [1.82, 2.24) is 24.8 Å². The van der Waals surface area contributed by atoms with E-state index in [2.05, 4.69) is 15.0 Å². The van der Waals surface area contributed by atoms with Gasteiger partial charge in [-0.1, -0.05) is 35.9 Å². The molecule has 1 amide bonds. The van der Waals surface area contributed by atoms with Crippen molar-refractivity contribution in [3.05, 3.63) is 76.6 Å². The van der Waals surface area contributed by atoms with Gasteiger partial charge in [-0.05, 0) is 26.0 Å². The summed E-state index contributed by atoms with van der Waals surface area (Å²) >= 11 is 6.22. The van der Waals surface area contributed by atoms with Gasteiger partial charge in [-0.2, -0.15) is 4.98 Å². The minimum absolute atomic E-state index is 0.0151. The first-order valence-corrected chi connectivity index (χ1v) is 10.3. The van der Waals surface area contributed by atoms with Crippen molar-refractivity contribution in [2.45, 2.75) is 31.9 Å². The third-order valence-electron chi connectivity index (χ3n) is 5.39. The number of aromatic nitrogens is 4. The van der Waals surface area contributed by atoms with Crippen molar-refractivity contribution in [2.24, 2.45) is 0 Å². The number of amides is 1. The standard InChI is InChI=1S/C22H20ClN5O3/c1-22(2,30)21-27-19(23)18(31-21)20(29)28-10-9-14-16(25-11-24-14)17(28)15-8-7-12-5-3-4-6-13(12)26-15/h3-8,11,17,30H,9-10H2,1-2H3,(H,24,25)/t17-/m0/s1. The summed E-state index contributed by atoms with van der Waals surface area (Å²) in [6.45, 7) is 3.45. The number of aromatic amines is 1. The number of imidazole rings is 1. The Bertz CT molecular complexity index is 1290. The Kier molecular flexibility index (Phi) is 4.56. The lowest BCUT2D eigenvalue weighted by atomic mass is 9.98. The second-order valence-electron chi connectivity index (χ2n) is 8.04. The predicted octanol–water partition coefficient (Wildman–Crippen LogP) is 3.61. The van der Waals surface area contributed by atoms with Crippen LogP contribution < -0.4 is 0 Å². The van der Waals surface area contributed by atoms with Gasteiger partial charge in [0.1, 0.15) is 11.6 Å². The van der Waals surface area contributed by atoms with Crippen LogP contribution in [0.25, 0.3) is 10.9 Å². The molecule has 2 N–H and O–H groups in total. The van der Waals surface area contributed by atoms with Crippen LogP contribution in [0.3, 0.4) is 0 Å². The molecule has 0 unspecified atom stereocenters. The fourth-order valence-corrected chi connectivity index (χ4v) is 4.05. The highest BCUT2D eigenvalue weighted by atomic mass is 35.5. The molecule has 0 saturated carbocycles. The third-order valence-corrected chi connectivity index (χ3v) is 5.65. The summed E-state index contributed by atoms with van der Waals surface area (Å²) in [6.07, 6.45) is 2.23. The van der Waals surface area contributed by atoms with Crippen LogP contribution in [-0.2, 0) is 12.0 Å². The van der Waals surface area contributed by atoms with Crippen molar-refractivity contribution < 1.29 is 14.3 Å². The van der Waals surface area contributed by atoms with E-state index in [0.717, 1.165) is 22.3 Å². The summed E-state index contributed by atoms with van der Waals surface area (Å²) in [6, 6.07) is 11.2. The highest BCUT2D eigenvalue weighted by molar-refractivity contribution is 6.32. The molecular formula is C22H20ClN5O3. The van der Waals surface area contributed by atoms with Gasteiger partial charge in [-0.25, -0.2) is 4.98 Å². The van der Waals surface area contributed by atoms with E-state index in [0.29, 0.717) is 18.7 Å². The van der Waals surface area contributed by atoms with Crippen LogP contribution in [-0.4, -0.2) is 42.4 Å². The maximum atomic E-state index is 13.5. The molecule has 0 aliphatic carbocycles. The summed E-state index contributed by atoms with van der Waals surface area (Å²) in [4.78, 5) is 31.6. The monoisotopic (exact) mass is 437 g/mol. The highest BCUT2D eigenvalue weighted by Crippen LogP contribution is 2.36. The Hall–Kier alpha value is -3.23. The summed E-state index contributed by atoms with van der Waals surface area (Å²) in [5, 5.41) is 11.1. The number of carbonyl (C=O) groups excluding carboxylic acids is 1. The van der Waals surface area contributed by atoms with E-state index >= 15 is 0 Å². The maximum absolute atomic E-state index is 13.5. The van der Waals surface area contributed by atoms with E-state index in [1.165, 1.54) is 13.8 Å². The van der Waals surface area contributed by atoms with Crippen molar-refractivity contribution in [3.8, 4) is 0 Å². The van der Waals surface area contributed by atoms with E-state index in [-0.39, 0.29) is 16.8 Å². The molecule has 4 aromatic rings. The molecule has 0 bridgehead atoms. The number of aliphatic hydroxyl groups is 1. The smallest absolute Gasteiger partial charge is 0.293 e. The van der Waals surface area contributed by atoms with Gasteiger partial charge >= 0.3 is 0 Å². The number of fused-ring (bicyclic) bond motifs is 2. The maximum Gasteiger partial charge on any atom is 0.293 e. The van der Waals surface area contributed by atoms with Gasteiger partial charge in [0.15, 0.2) is 5.15 Å². The van der Waals surface area contributed by atoms with Crippen LogP contribution in [0.15, 0.2) is 47.1 Å². The molecule has 1 aliphatic rings. The van der Waals surface area contributed by atoms with Crippen molar-refractivity contribution in [1.29, 1.82) is 0 Å². The molecule has 1 atom stereocenters. The van der Waals surface area contributed by atoms with Crippen LogP contribution in [0, 0.1) is 0 Å². The molecule has 3 aromatic heterocycles. The van der Waals surface area contributed by atoms with E-state index < -0.39 is 17.6 Å². The number of hydrogen-bond donors (Lipinski definition) is 2. The SMILES string of the molecule is CC(C)(O)c1nc(Cl)c(C(=O)N2CCc3[nH]cnc3[C@@H]2c2ccc3ccccc3n2)o1. The number of halogens is 1. The first-order chi connectivity index (χ1) is 14.8. The van der Waals surface area contributed by atoms with E-state index in [1.54, 1.807) is 11.2 Å². The summed E-state index contributed by atoms with van der Waals surface area (Å²) in [5.74, 6) is -0.552. The quantitative estimate of drug-likeness (QED) is 0.506. The lowest BCUT2D eigenvalue weighted by Gasteiger charge is -2.34. The second-order valence-corrected chi connectivity index (χ2v) is 8.40. The number of hydrogen-bond acceptors (Lipinski definition) is 6. The zero-order valence-corrected chi connectivity index (χ0v) is 17.7. The van der Waals surface area contributed by atoms with E-state index in [4.69, 9.17) is 21.0 Å². The summed E-state index contributed by atoms with van der Waals surface area (Å²) in [7, 11) is 0. The number of para-hydroxylation sites is 1. The lowest BCUT2D eigenvalue weighted by Crippen LogP contribution is -2.41. The normalized spacial score (nSPS) is 16.5. The summed E-state index contributed by atoms with van der Waals surface area (Å²) < 4.78 is 5.58. The van der Waals surface area contributed by atoms with Crippen LogP contribution in [0.4, 0.5) is 0 Å². The number of pyridine rings is 1. The van der Waals surface area contributed by atoms with Gasteiger partial charge in [-0.15, -0.1) is 0 Å². The zero-order chi connectivity index (χ0) is 21.8. The van der Waals surface area contributed by atoms with E-state index in [1.807, 2.05) is 36.4 Å². The third kappa shape index (κ3) is 3.37. The van der Waals surface area contributed by atoms with Gasteiger partial charge < -0.3 is 19.4 Å². The first-order valence-electron chi connectivity index (χ1n) is 9.91. The van der Waals surface area contributed by atoms with E-state index in [9.17, 15) is 9.90 Å². The van der Waals surface area contributed by atoms with Crippen molar-refractivity contribution >= 4 is 28.4 Å². The van der Waals surface area contributed by atoms with Gasteiger partial charge in [0, 0.05) is 24.0 Å². The second kappa shape index (κ2) is 7.18. The molecule has 31 heavy (non-hydrogen) atoms. The van der Waals surface area contributed by atoms with Gasteiger partial charge in [0.2, 0.25) is 11.7 Å². The minimum atomic E-state index is -1.36. The molecule has 158 valence electrons. The fourth-order valence-electron chi connectivity index (χ4n) is 3.85. The average Bonchev–Trinajstić information content (AvgIpc) is 3.38. The number of carbonyl (C=O) groups is 1. The Morgan fingerprint density at radius 3 is 2.84 bits per heavy atom. The van der Waals surface area contributed by atoms with Gasteiger partial charge in [0.25, 0.3) is 5.91 Å². The van der Waals surface area contributed by atoms with Crippen LogP contribution >= 0.6 is 11.6 Å². The van der Waals surface area contributed by atoms with Crippen LogP contribution in [0.1, 0.15) is 53.4 Å². The highest BCUT2D eigenvalue weighted by Gasteiger charge is 2.38. The molecular weight excluding hydrogens is 418 g/mol. The molecule has 0 fully saturated rings. The Morgan fingerprint density at radius 1 is 1.26 bits per heavy atom. The van der Waals surface area contributed by atoms with Crippen molar-refractivity contribution in [2.75, 3.05) is 6.54 Å². The van der Waals surface area contributed by atoms with Crippen LogP contribution in [0.5, 0.6) is 0 Å². The molecule has 5 rings (SSSR count). The summed E-state index contributed by atoms with van der Waals surface area (Å²) in [5.41, 5.74) is 1.86. The number of nitrogens with one attached hydrogen (secondary N) is 1. The molecule has 9 heteroatoms. The molecule has 1 aromatic carbocycles. The number of oxazole rings is 1. The largest absolute Gasteiger partial charge is 0.431 e. The lowest BCUT2D eigenvalue weighted by molar-refractivity contribution is 0.0440.